The molecule has 1 fully saturated rings. The summed E-state index contributed by atoms with van der Waals surface area (Å²) in [6, 6.07) is 2.48. The van der Waals surface area contributed by atoms with Crippen LogP contribution in [0.5, 0.6) is 0 Å². The van der Waals surface area contributed by atoms with Gasteiger partial charge in [-0.2, -0.15) is 5.10 Å². The molecule has 4 nitrogen and oxygen atoms in total. The summed E-state index contributed by atoms with van der Waals surface area (Å²) in [5.74, 6) is 0. The molecule has 1 aromatic rings. The van der Waals surface area contributed by atoms with Gasteiger partial charge in [0.1, 0.15) is 0 Å². The maximum Gasteiger partial charge on any atom is 0.0916 e. The van der Waals surface area contributed by atoms with Crippen molar-refractivity contribution >= 4 is 0 Å². The number of hydrogen-bond acceptors (Lipinski definition) is 3. The lowest BCUT2D eigenvalue weighted by atomic mass is 9.88. The lowest BCUT2D eigenvalue weighted by Gasteiger charge is -2.37. The summed E-state index contributed by atoms with van der Waals surface area (Å²) in [6.45, 7) is 7.15. The van der Waals surface area contributed by atoms with E-state index in [1.165, 1.54) is 0 Å². The van der Waals surface area contributed by atoms with Crippen molar-refractivity contribution in [3.63, 3.8) is 0 Å². The van der Waals surface area contributed by atoms with Crippen LogP contribution in [0.3, 0.4) is 0 Å². The fourth-order valence-corrected chi connectivity index (χ4v) is 2.98. The van der Waals surface area contributed by atoms with Crippen LogP contribution in [0.4, 0.5) is 0 Å². The fourth-order valence-electron chi connectivity index (χ4n) is 2.98. The molecule has 2 unspecified atom stereocenters. The first-order chi connectivity index (χ1) is 9.59. The van der Waals surface area contributed by atoms with Gasteiger partial charge in [0.05, 0.1) is 23.4 Å². The predicted molar refractivity (Wildman–Crippen MR) is 79.8 cm³/mol. The molecule has 0 aromatic carbocycles. The molecule has 1 aromatic heterocycles. The smallest absolute Gasteiger partial charge is 0.0916 e. The van der Waals surface area contributed by atoms with Gasteiger partial charge >= 0.3 is 0 Å². The van der Waals surface area contributed by atoms with Gasteiger partial charge < -0.3 is 9.84 Å². The molecule has 0 spiro atoms. The second-order valence-electron chi connectivity index (χ2n) is 6.10. The van der Waals surface area contributed by atoms with Crippen molar-refractivity contribution in [3.8, 4) is 0 Å². The first-order valence-corrected chi connectivity index (χ1v) is 7.95. The normalized spacial score (nSPS) is 25.1. The van der Waals surface area contributed by atoms with Crippen molar-refractivity contribution in [2.45, 2.75) is 77.0 Å². The molecule has 1 saturated heterocycles. The Kier molecular flexibility index (Phi) is 5.22. The maximum atomic E-state index is 10.5. The Labute approximate surface area is 122 Å². The predicted octanol–water partition coefficient (Wildman–Crippen LogP) is 3.11. The summed E-state index contributed by atoms with van der Waals surface area (Å²) in [7, 11) is 0. The van der Waals surface area contributed by atoms with Crippen molar-refractivity contribution in [2.75, 3.05) is 6.61 Å². The second-order valence-corrected chi connectivity index (χ2v) is 6.10. The molecule has 0 aliphatic carbocycles. The first kappa shape index (κ1) is 15.5. The summed E-state index contributed by atoms with van der Waals surface area (Å²) in [6.07, 6.45) is 7.46. The van der Waals surface area contributed by atoms with Gasteiger partial charge in [0.25, 0.3) is 0 Å². The minimum Gasteiger partial charge on any atom is -0.390 e. The van der Waals surface area contributed by atoms with E-state index in [2.05, 4.69) is 18.9 Å². The summed E-state index contributed by atoms with van der Waals surface area (Å²) >= 11 is 0. The van der Waals surface area contributed by atoms with Gasteiger partial charge in [-0.15, -0.1) is 0 Å². The molecular weight excluding hydrogens is 252 g/mol. The Bertz CT molecular complexity index is 406. The molecule has 0 amide bonds. The number of ether oxygens (including phenoxy) is 1. The lowest BCUT2D eigenvalue weighted by Crippen LogP contribution is -2.45. The summed E-state index contributed by atoms with van der Waals surface area (Å²) in [5, 5.41) is 15.1. The van der Waals surface area contributed by atoms with Crippen molar-refractivity contribution < 1.29 is 9.84 Å². The Morgan fingerprint density at radius 2 is 2.15 bits per heavy atom. The third-order valence-corrected chi connectivity index (χ3v) is 4.59. The van der Waals surface area contributed by atoms with Crippen LogP contribution < -0.4 is 0 Å². The number of nitrogens with zero attached hydrogens (tertiary/aromatic N) is 2. The third kappa shape index (κ3) is 3.41. The molecular formula is C16H28N2O2. The van der Waals surface area contributed by atoms with E-state index in [-0.39, 0.29) is 0 Å². The summed E-state index contributed by atoms with van der Waals surface area (Å²) in [4.78, 5) is 0. The topological polar surface area (TPSA) is 47.3 Å². The Morgan fingerprint density at radius 3 is 2.75 bits per heavy atom. The standard InChI is InChI=1S/C16H28N2O2/c1-4-14(5-2)18-10-8-13(17-18)12-15(19)16(3)9-6-7-11-20-16/h8,10,14-15,19H,4-7,9,11-12H2,1-3H3. The first-order valence-electron chi connectivity index (χ1n) is 7.95. The van der Waals surface area contributed by atoms with Gasteiger partial charge in [-0.05, 0) is 45.1 Å². The van der Waals surface area contributed by atoms with Crippen LogP contribution >= 0.6 is 0 Å². The quantitative estimate of drug-likeness (QED) is 0.871. The van der Waals surface area contributed by atoms with Gasteiger partial charge in [-0.3, -0.25) is 4.68 Å². The van der Waals surface area contributed by atoms with E-state index >= 15 is 0 Å². The summed E-state index contributed by atoms with van der Waals surface area (Å²) in [5.41, 5.74) is 0.552. The van der Waals surface area contributed by atoms with Crippen LogP contribution in [0.15, 0.2) is 12.3 Å². The zero-order valence-electron chi connectivity index (χ0n) is 13.0. The number of hydrogen-bond donors (Lipinski definition) is 1. The number of rotatable bonds is 6. The molecule has 114 valence electrons. The lowest BCUT2D eigenvalue weighted by molar-refractivity contribution is -0.135. The minimum absolute atomic E-state index is 0.406. The minimum atomic E-state index is -0.479. The molecule has 1 N–H and O–H groups in total. The highest BCUT2D eigenvalue weighted by atomic mass is 16.5. The number of aromatic nitrogens is 2. The zero-order chi connectivity index (χ0) is 14.6. The molecule has 1 aliphatic rings. The molecule has 0 bridgehead atoms. The molecule has 0 radical (unpaired) electrons. The van der Waals surface area contributed by atoms with E-state index in [9.17, 15) is 5.11 Å². The SMILES string of the molecule is CCC(CC)n1ccc(CC(O)C2(C)CCCCO2)n1. The van der Waals surface area contributed by atoms with Gasteiger partial charge in [0, 0.05) is 19.2 Å². The monoisotopic (exact) mass is 280 g/mol. The van der Waals surface area contributed by atoms with Crippen molar-refractivity contribution in [3.05, 3.63) is 18.0 Å². The maximum absolute atomic E-state index is 10.5. The van der Waals surface area contributed by atoms with Gasteiger partial charge in [-0.1, -0.05) is 13.8 Å². The van der Waals surface area contributed by atoms with Crippen LogP contribution in [0.1, 0.15) is 64.6 Å². The van der Waals surface area contributed by atoms with Crippen molar-refractivity contribution in [2.24, 2.45) is 0 Å². The molecule has 2 atom stereocenters. The molecule has 1 aliphatic heterocycles. The average molecular weight is 280 g/mol. The Morgan fingerprint density at radius 1 is 1.40 bits per heavy atom. The van der Waals surface area contributed by atoms with Crippen LogP contribution in [0.25, 0.3) is 0 Å². The van der Waals surface area contributed by atoms with Crippen LogP contribution in [-0.4, -0.2) is 33.2 Å². The fraction of sp³-hybridized carbons (Fsp3) is 0.812. The summed E-state index contributed by atoms with van der Waals surface area (Å²) < 4.78 is 7.85. The van der Waals surface area contributed by atoms with Gasteiger partial charge in [0.2, 0.25) is 0 Å². The number of aliphatic hydroxyl groups is 1. The average Bonchev–Trinajstić information content (AvgIpc) is 2.89. The second kappa shape index (κ2) is 6.72. The highest BCUT2D eigenvalue weighted by Crippen LogP contribution is 2.29. The zero-order valence-corrected chi connectivity index (χ0v) is 13.0. The van der Waals surface area contributed by atoms with Gasteiger partial charge in [0.15, 0.2) is 0 Å². The van der Waals surface area contributed by atoms with E-state index in [0.717, 1.165) is 44.4 Å². The van der Waals surface area contributed by atoms with Crippen molar-refractivity contribution in [1.29, 1.82) is 0 Å². The molecule has 20 heavy (non-hydrogen) atoms. The molecule has 2 rings (SSSR count). The van der Waals surface area contributed by atoms with E-state index in [1.807, 2.05) is 23.9 Å². The number of aliphatic hydroxyl groups excluding tert-OH is 1. The molecule has 4 heteroatoms. The van der Waals surface area contributed by atoms with Crippen LogP contribution in [0.2, 0.25) is 0 Å². The van der Waals surface area contributed by atoms with E-state index in [4.69, 9.17) is 4.74 Å². The van der Waals surface area contributed by atoms with E-state index in [0.29, 0.717) is 12.5 Å². The molecule has 2 heterocycles. The van der Waals surface area contributed by atoms with E-state index in [1.54, 1.807) is 0 Å². The van der Waals surface area contributed by atoms with Gasteiger partial charge in [-0.25, -0.2) is 0 Å². The van der Waals surface area contributed by atoms with Crippen molar-refractivity contribution in [1.82, 2.24) is 9.78 Å². The molecule has 0 saturated carbocycles. The Balaban J connectivity index is 1.99. The third-order valence-electron chi connectivity index (χ3n) is 4.59. The van der Waals surface area contributed by atoms with Crippen LogP contribution in [0, 0.1) is 0 Å². The highest BCUT2D eigenvalue weighted by molar-refractivity contribution is 5.04. The highest BCUT2D eigenvalue weighted by Gasteiger charge is 2.36. The Hall–Kier alpha value is -0.870. The van der Waals surface area contributed by atoms with Crippen LogP contribution in [-0.2, 0) is 11.2 Å². The largest absolute Gasteiger partial charge is 0.390 e. The van der Waals surface area contributed by atoms with E-state index < -0.39 is 11.7 Å².